The van der Waals surface area contributed by atoms with Gasteiger partial charge in [-0.1, -0.05) is 18.2 Å². The first-order chi connectivity index (χ1) is 7.89. The SMILES string of the molecule is Cc1cccc(-c2n[nH]c(S(=O)(=O)Cl)n2)c1C. The summed E-state index contributed by atoms with van der Waals surface area (Å²) in [6.45, 7) is 3.89. The Balaban J connectivity index is 2.55. The van der Waals surface area contributed by atoms with Crippen LogP contribution in [0.4, 0.5) is 0 Å². The van der Waals surface area contributed by atoms with Gasteiger partial charge < -0.3 is 0 Å². The van der Waals surface area contributed by atoms with E-state index in [1.807, 2.05) is 32.0 Å². The summed E-state index contributed by atoms with van der Waals surface area (Å²) in [6.07, 6.45) is 0. The Labute approximate surface area is 103 Å². The zero-order valence-corrected chi connectivity index (χ0v) is 10.8. The number of hydrogen-bond donors (Lipinski definition) is 1. The molecule has 1 heterocycles. The normalized spacial score (nSPS) is 11.7. The maximum atomic E-state index is 11.1. The van der Waals surface area contributed by atoms with Crippen molar-refractivity contribution in [2.24, 2.45) is 0 Å². The average Bonchev–Trinajstić information content (AvgIpc) is 2.70. The van der Waals surface area contributed by atoms with Crippen molar-refractivity contribution < 1.29 is 8.42 Å². The van der Waals surface area contributed by atoms with E-state index in [9.17, 15) is 8.42 Å². The molecule has 1 aromatic heterocycles. The lowest BCUT2D eigenvalue weighted by atomic mass is 10.0. The molecule has 0 aliphatic rings. The fraction of sp³-hybridized carbons (Fsp3) is 0.200. The summed E-state index contributed by atoms with van der Waals surface area (Å²) in [7, 11) is 1.30. The van der Waals surface area contributed by atoms with Crippen molar-refractivity contribution in [3.63, 3.8) is 0 Å². The van der Waals surface area contributed by atoms with Crippen LogP contribution in [0.2, 0.25) is 0 Å². The second-order valence-corrected chi connectivity index (χ2v) is 6.13. The van der Waals surface area contributed by atoms with E-state index in [4.69, 9.17) is 10.7 Å². The highest BCUT2D eigenvalue weighted by atomic mass is 35.7. The number of nitrogens with one attached hydrogen (secondary N) is 1. The third kappa shape index (κ3) is 2.32. The highest BCUT2D eigenvalue weighted by Crippen LogP contribution is 2.23. The molecule has 0 radical (unpaired) electrons. The third-order valence-electron chi connectivity index (χ3n) is 2.54. The quantitative estimate of drug-likeness (QED) is 0.848. The molecule has 90 valence electrons. The van der Waals surface area contributed by atoms with Crippen LogP contribution in [0.5, 0.6) is 0 Å². The molecule has 0 saturated heterocycles. The molecule has 2 rings (SSSR count). The molecular weight excluding hydrogens is 262 g/mol. The summed E-state index contributed by atoms with van der Waals surface area (Å²) in [5.41, 5.74) is 2.88. The Morgan fingerprint density at radius 2 is 2.00 bits per heavy atom. The van der Waals surface area contributed by atoms with E-state index in [0.29, 0.717) is 5.82 Å². The lowest BCUT2D eigenvalue weighted by molar-refractivity contribution is 0.602. The van der Waals surface area contributed by atoms with Gasteiger partial charge in [0.15, 0.2) is 5.82 Å². The van der Waals surface area contributed by atoms with Crippen LogP contribution in [0.3, 0.4) is 0 Å². The number of aryl methyl sites for hydroxylation is 1. The highest BCUT2D eigenvalue weighted by Gasteiger charge is 2.17. The molecule has 0 bridgehead atoms. The molecule has 2 aromatic rings. The lowest BCUT2D eigenvalue weighted by Crippen LogP contribution is -1.93. The molecule has 1 N–H and O–H groups in total. The van der Waals surface area contributed by atoms with Gasteiger partial charge in [-0.3, -0.25) is 0 Å². The van der Waals surface area contributed by atoms with Gasteiger partial charge in [0.05, 0.1) is 0 Å². The van der Waals surface area contributed by atoms with E-state index in [-0.39, 0.29) is 5.16 Å². The summed E-state index contributed by atoms with van der Waals surface area (Å²) < 4.78 is 22.1. The predicted molar refractivity (Wildman–Crippen MR) is 64.3 cm³/mol. The van der Waals surface area contributed by atoms with E-state index in [2.05, 4.69) is 15.2 Å². The third-order valence-corrected chi connectivity index (χ3v) is 3.62. The highest BCUT2D eigenvalue weighted by molar-refractivity contribution is 8.13. The van der Waals surface area contributed by atoms with E-state index >= 15 is 0 Å². The first kappa shape index (κ1) is 12.1. The van der Waals surface area contributed by atoms with Crippen LogP contribution in [0.15, 0.2) is 23.4 Å². The van der Waals surface area contributed by atoms with Crippen molar-refractivity contribution in [1.29, 1.82) is 0 Å². The fourth-order valence-electron chi connectivity index (χ4n) is 1.47. The summed E-state index contributed by atoms with van der Waals surface area (Å²) >= 11 is 0. The van der Waals surface area contributed by atoms with E-state index < -0.39 is 9.05 Å². The predicted octanol–water partition coefficient (Wildman–Crippen LogP) is 2.02. The van der Waals surface area contributed by atoms with Gasteiger partial charge >= 0.3 is 0 Å². The van der Waals surface area contributed by atoms with Gasteiger partial charge in [0.2, 0.25) is 0 Å². The zero-order chi connectivity index (χ0) is 12.6. The molecule has 0 amide bonds. The van der Waals surface area contributed by atoms with Crippen LogP contribution in [-0.4, -0.2) is 23.6 Å². The van der Waals surface area contributed by atoms with Gasteiger partial charge in [0.1, 0.15) is 0 Å². The molecule has 17 heavy (non-hydrogen) atoms. The van der Waals surface area contributed by atoms with Gasteiger partial charge in [0.25, 0.3) is 14.2 Å². The summed E-state index contributed by atoms with van der Waals surface area (Å²) in [5, 5.41) is 5.83. The number of hydrogen-bond acceptors (Lipinski definition) is 4. The van der Waals surface area contributed by atoms with Crippen molar-refractivity contribution in [1.82, 2.24) is 15.2 Å². The number of aromatic nitrogens is 3. The molecule has 1 aromatic carbocycles. The summed E-state index contributed by atoms with van der Waals surface area (Å²) in [6, 6.07) is 5.66. The van der Waals surface area contributed by atoms with Crippen LogP contribution >= 0.6 is 10.7 Å². The zero-order valence-electron chi connectivity index (χ0n) is 9.23. The van der Waals surface area contributed by atoms with E-state index in [1.165, 1.54) is 0 Å². The molecule has 0 aliphatic heterocycles. The van der Waals surface area contributed by atoms with Crippen molar-refractivity contribution in [3.05, 3.63) is 29.3 Å². The van der Waals surface area contributed by atoms with E-state index in [1.54, 1.807) is 0 Å². The van der Waals surface area contributed by atoms with Gasteiger partial charge in [-0.25, -0.2) is 13.5 Å². The van der Waals surface area contributed by atoms with Gasteiger partial charge in [-0.2, -0.15) is 10.1 Å². The second kappa shape index (κ2) is 4.12. The second-order valence-electron chi connectivity index (χ2n) is 3.65. The number of rotatable bonds is 2. The maximum Gasteiger partial charge on any atom is 0.296 e. The molecule has 0 unspecified atom stereocenters. The van der Waals surface area contributed by atoms with Crippen LogP contribution in [0, 0.1) is 13.8 Å². The minimum absolute atomic E-state index is 0.324. The molecule has 0 saturated carbocycles. The summed E-state index contributed by atoms with van der Waals surface area (Å²) in [4.78, 5) is 3.87. The number of aromatic amines is 1. The average molecular weight is 272 g/mol. The van der Waals surface area contributed by atoms with Crippen molar-refractivity contribution in [2.45, 2.75) is 19.0 Å². The smallest absolute Gasteiger partial charge is 0.248 e. The molecule has 5 nitrogen and oxygen atoms in total. The minimum Gasteiger partial charge on any atom is -0.248 e. The summed E-state index contributed by atoms with van der Waals surface area (Å²) in [5.74, 6) is 0.324. The van der Waals surface area contributed by atoms with Crippen molar-refractivity contribution in [3.8, 4) is 11.4 Å². The number of benzene rings is 1. The van der Waals surface area contributed by atoms with Crippen LogP contribution in [0.1, 0.15) is 11.1 Å². The monoisotopic (exact) mass is 271 g/mol. The van der Waals surface area contributed by atoms with Gasteiger partial charge in [-0.15, -0.1) is 0 Å². The maximum absolute atomic E-state index is 11.1. The molecular formula is C10H10ClN3O2S. The number of H-pyrrole nitrogens is 1. The van der Waals surface area contributed by atoms with Crippen LogP contribution in [-0.2, 0) is 9.05 Å². The lowest BCUT2D eigenvalue weighted by Gasteiger charge is -2.03. The Kier molecular flexibility index (Phi) is 2.92. The Hall–Kier alpha value is -1.40. The van der Waals surface area contributed by atoms with Crippen LogP contribution < -0.4 is 0 Å². The topological polar surface area (TPSA) is 75.7 Å². The largest absolute Gasteiger partial charge is 0.296 e. The Morgan fingerprint density at radius 1 is 1.29 bits per heavy atom. The van der Waals surface area contributed by atoms with Gasteiger partial charge in [-0.05, 0) is 25.0 Å². The van der Waals surface area contributed by atoms with Gasteiger partial charge in [0, 0.05) is 16.2 Å². The van der Waals surface area contributed by atoms with E-state index in [0.717, 1.165) is 16.7 Å². The standard InChI is InChI=1S/C10H10ClN3O2S/c1-6-4-3-5-8(7(6)2)9-12-10(14-13-9)17(11,15)16/h3-5H,1-2H3,(H,12,13,14). The molecule has 0 atom stereocenters. The molecule has 7 heteroatoms. The number of halogens is 1. The minimum atomic E-state index is -3.87. The first-order valence-electron chi connectivity index (χ1n) is 4.83. The molecule has 0 spiro atoms. The number of nitrogens with zero attached hydrogens (tertiary/aromatic N) is 2. The van der Waals surface area contributed by atoms with Crippen LogP contribution in [0.25, 0.3) is 11.4 Å². The molecule has 0 aliphatic carbocycles. The molecule has 0 fully saturated rings. The fourth-order valence-corrected chi connectivity index (χ4v) is 2.03. The first-order valence-corrected chi connectivity index (χ1v) is 7.14. The Bertz CT molecular complexity index is 664. The van der Waals surface area contributed by atoms with Crippen molar-refractivity contribution >= 4 is 19.7 Å². The van der Waals surface area contributed by atoms with Crippen molar-refractivity contribution in [2.75, 3.05) is 0 Å². The Morgan fingerprint density at radius 3 is 2.59 bits per heavy atom.